The summed E-state index contributed by atoms with van der Waals surface area (Å²) in [5, 5.41) is 2.82. The molecular weight excluding hydrogens is 242 g/mol. The molecule has 0 spiro atoms. The van der Waals surface area contributed by atoms with E-state index >= 15 is 0 Å². The van der Waals surface area contributed by atoms with E-state index in [4.69, 9.17) is 10.5 Å². The first-order valence-electron chi connectivity index (χ1n) is 6.55. The number of ether oxygens (including phenoxy) is 1. The lowest BCUT2D eigenvalue weighted by molar-refractivity contribution is -0.117. The number of amides is 1. The van der Waals surface area contributed by atoms with Crippen LogP contribution in [0.15, 0.2) is 18.3 Å². The first-order valence-corrected chi connectivity index (χ1v) is 6.55. The van der Waals surface area contributed by atoms with Crippen LogP contribution in [0.25, 0.3) is 0 Å². The maximum absolute atomic E-state index is 11.9. The molecule has 1 rings (SSSR count). The van der Waals surface area contributed by atoms with E-state index in [1.165, 1.54) is 0 Å². The van der Waals surface area contributed by atoms with Gasteiger partial charge in [-0.05, 0) is 30.9 Å². The molecule has 0 saturated heterocycles. The smallest absolute Gasteiger partial charge is 0.224 e. The summed E-state index contributed by atoms with van der Waals surface area (Å²) in [5.41, 5.74) is 6.36. The van der Waals surface area contributed by atoms with Gasteiger partial charge >= 0.3 is 0 Å². The van der Waals surface area contributed by atoms with Gasteiger partial charge in [-0.2, -0.15) is 0 Å². The van der Waals surface area contributed by atoms with Crippen molar-refractivity contribution in [3.8, 4) is 5.88 Å². The number of anilines is 1. The number of carbonyl (C=O) groups excluding carboxylic acids is 1. The Hall–Kier alpha value is -1.62. The maximum atomic E-state index is 11.9. The topological polar surface area (TPSA) is 77.2 Å². The summed E-state index contributed by atoms with van der Waals surface area (Å²) in [6.45, 7) is 4.80. The molecule has 19 heavy (non-hydrogen) atoms. The molecule has 0 fully saturated rings. The summed E-state index contributed by atoms with van der Waals surface area (Å²) in [7, 11) is 1.55. The van der Waals surface area contributed by atoms with E-state index in [2.05, 4.69) is 24.1 Å². The fourth-order valence-electron chi connectivity index (χ4n) is 1.98. The number of rotatable bonds is 7. The zero-order valence-corrected chi connectivity index (χ0v) is 11.8. The minimum absolute atomic E-state index is 0.0249. The van der Waals surface area contributed by atoms with E-state index in [0.717, 1.165) is 6.42 Å². The summed E-state index contributed by atoms with van der Waals surface area (Å²) in [4.78, 5) is 15.9. The largest absolute Gasteiger partial charge is 0.481 e. The number of pyridine rings is 1. The minimum atomic E-state index is -0.0249. The molecular formula is C14H23N3O2. The zero-order valence-electron chi connectivity index (χ0n) is 11.8. The Morgan fingerprint density at radius 2 is 2.21 bits per heavy atom. The van der Waals surface area contributed by atoms with Crippen LogP contribution in [0.2, 0.25) is 0 Å². The van der Waals surface area contributed by atoms with E-state index in [1.54, 1.807) is 25.4 Å². The molecule has 1 aromatic heterocycles. The number of hydrogen-bond donors (Lipinski definition) is 2. The monoisotopic (exact) mass is 265 g/mol. The van der Waals surface area contributed by atoms with Crippen molar-refractivity contribution in [2.45, 2.75) is 26.7 Å². The Balaban J connectivity index is 2.49. The number of hydrogen-bond acceptors (Lipinski definition) is 4. The molecule has 5 nitrogen and oxygen atoms in total. The second-order valence-electron chi connectivity index (χ2n) is 5.07. The summed E-state index contributed by atoms with van der Waals surface area (Å²) in [5.74, 6) is 1.27. The van der Waals surface area contributed by atoms with Crippen LogP contribution in [0, 0.1) is 11.8 Å². The van der Waals surface area contributed by atoms with Crippen molar-refractivity contribution in [1.29, 1.82) is 0 Å². The van der Waals surface area contributed by atoms with Crippen molar-refractivity contribution in [3.05, 3.63) is 18.3 Å². The standard InChI is InChI=1S/C14H23N3O2/c1-10(2)6-11(8-15)7-13(18)17-12-4-5-14(19-3)16-9-12/h4-5,9-11H,6-8,15H2,1-3H3,(H,17,18). The fraction of sp³-hybridized carbons (Fsp3) is 0.571. The third kappa shape index (κ3) is 5.70. The van der Waals surface area contributed by atoms with Gasteiger partial charge in [0.25, 0.3) is 0 Å². The molecule has 1 heterocycles. The summed E-state index contributed by atoms with van der Waals surface area (Å²) >= 11 is 0. The minimum Gasteiger partial charge on any atom is -0.481 e. The van der Waals surface area contributed by atoms with Crippen LogP contribution in [0.3, 0.4) is 0 Å². The second-order valence-corrected chi connectivity index (χ2v) is 5.07. The van der Waals surface area contributed by atoms with Crippen LogP contribution >= 0.6 is 0 Å². The third-order valence-corrected chi connectivity index (χ3v) is 2.84. The predicted molar refractivity (Wildman–Crippen MR) is 76.0 cm³/mol. The van der Waals surface area contributed by atoms with Crippen LogP contribution in [-0.4, -0.2) is 24.5 Å². The average molecular weight is 265 g/mol. The first-order chi connectivity index (χ1) is 9.05. The molecule has 1 unspecified atom stereocenters. The molecule has 106 valence electrons. The average Bonchev–Trinajstić information content (AvgIpc) is 2.38. The predicted octanol–water partition coefficient (Wildman–Crippen LogP) is 2.04. The number of nitrogens with two attached hydrogens (primary N) is 1. The van der Waals surface area contributed by atoms with Crippen molar-refractivity contribution in [2.75, 3.05) is 19.0 Å². The fourth-order valence-corrected chi connectivity index (χ4v) is 1.98. The second kappa shape index (κ2) is 7.74. The Kier molecular flexibility index (Phi) is 6.29. The van der Waals surface area contributed by atoms with Crippen LogP contribution in [0.1, 0.15) is 26.7 Å². The Morgan fingerprint density at radius 1 is 1.47 bits per heavy atom. The third-order valence-electron chi connectivity index (χ3n) is 2.84. The van der Waals surface area contributed by atoms with Crippen LogP contribution < -0.4 is 15.8 Å². The van der Waals surface area contributed by atoms with Gasteiger partial charge < -0.3 is 15.8 Å². The van der Waals surface area contributed by atoms with Gasteiger partial charge in [0, 0.05) is 12.5 Å². The Bertz CT molecular complexity index is 390. The summed E-state index contributed by atoms with van der Waals surface area (Å²) in [6.07, 6.45) is 2.99. The van der Waals surface area contributed by atoms with Crippen molar-refractivity contribution < 1.29 is 9.53 Å². The molecule has 5 heteroatoms. The molecule has 1 amide bonds. The molecule has 3 N–H and O–H groups in total. The highest BCUT2D eigenvalue weighted by Gasteiger charge is 2.14. The number of carbonyl (C=O) groups is 1. The zero-order chi connectivity index (χ0) is 14.3. The normalized spacial score (nSPS) is 12.3. The number of nitrogens with one attached hydrogen (secondary N) is 1. The Morgan fingerprint density at radius 3 is 2.68 bits per heavy atom. The van der Waals surface area contributed by atoms with Gasteiger partial charge in [-0.3, -0.25) is 4.79 Å². The lowest BCUT2D eigenvalue weighted by Crippen LogP contribution is -2.23. The lowest BCUT2D eigenvalue weighted by Gasteiger charge is -2.16. The van der Waals surface area contributed by atoms with Crippen molar-refractivity contribution in [3.63, 3.8) is 0 Å². The molecule has 0 aromatic carbocycles. The van der Waals surface area contributed by atoms with E-state index in [-0.39, 0.29) is 11.8 Å². The summed E-state index contributed by atoms with van der Waals surface area (Å²) < 4.78 is 4.96. The number of nitrogens with zero attached hydrogens (tertiary/aromatic N) is 1. The summed E-state index contributed by atoms with van der Waals surface area (Å²) in [6, 6.07) is 3.48. The molecule has 1 atom stereocenters. The molecule has 0 aliphatic carbocycles. The van der Waals surface area contributed by atoms with Gasteiger partial charge in [0.15, 0.2) is 0 Å². The van der Waals surface area contributed by atoms with Crippen molar-refractivity contribution in [2.24, 2.45) is 17.6 Å². The van der Waals surface area contributed by atoms with Gasteiger partial charge in [0.1, 0.15) is 0 Å². The van der Waals surface area contributed by atoms with Crippen LogP contribution in [0.4, 0.5) is 5.69 Å². The molecule has 1 aromatic rings. The van der Waals surface area contributed by atoms with Gasteiger partial charge in [0.2, 0.25) is 11.8 Å². The van der Waals surface area contributed by atoms with Crippen LogP contribution in [0.5, 0.6) is 5.88 Å². The van der Waals surface area contributed by atoms with Crippen LogP contribution in [-0.2, 0) is 4.79 Å². The number of aromatic nitrogens is 1. The molecule has 0 aliphatic heterocycles. The lowest BCUT2D eigenvalue weighted by atomic mass is 9.94. The van der Waals surface area contributed by atoms with Crippen molar-refractivity contribution in [1.82, 2.24) is 4.98 Å². The highest BCUT2D eigenvalue weighted by molar-refractivity contribution is 5.90. The van der Waals surface area contributed by atoms with Gasteiger partial charge in [-0.15, -0.1) is 0 Å². The number of methoxy groups -OCH3 is 1. The molecule has 0 bridgehead atoms. The highest BCUT2D eigenvalue weighted by Crippen LogP contribution is 2.16. The van der Waals surface area contributed by atoms with Crippen molar-refractivity contribution >= 4 is 11.6 Å². The molecule has 0 saturated carbocycles. The highest BCUT2D eigenvalue weighted by atomic mass is 16.5. The van der Waals surface area contributed by atoms with E-state index in [1.807, 2.05) is 0 Å². The van der Waals surface area contributed by atoms with E-state index in [9.17, 15) is 4.79 Å². The SMILES string of the molecule is COc1ccc(NC(=O)CC(CN)CC(C)C)cn1. The maximum Gasteiger partial charge on any atom is 0.224 e. The molecule has 0 radical (unpaired) electrons. The van der Waals surface area contributed by atoms with E-state index in [0.29, 0.717) is 30.5 Å². The van der Waals surface area contributed by atoms with Gasteiger partial charge in [0.05, 0.1) is 19.0 Å². The first kappa shape index (κ1) is 15.4. The Labute approximate surface area is 114 Å². The van der Waals surface area contributed by atoms with E-state index < -0.39 is 0 Å². The van der Waals surface area contributed by atoms with Gasteiger partial charge in [-0.1, -0.05) is 13.8 Å². The molecule has 0 aliphatic rings. The van der Waals surface area contributed by atoms with Gasteiger partial charge in [-0.25, -0.2) is 4.98 Å². The quantitative estimate of drug-likeness (QED) is 0.791.